The fraction of sp³-hybridized carbons (Fsp3) is 0.429. The maximum Gasteiger partial charge on any atom is 0.186 e. The lowest BCUT2D eigenvalue weighted by molar-refractivity contribution is 0.288. The van der Waals surface area contributed by atoms with Crippen molar-refractivity contribution in [1.82, 2.24) is 10.7 Å². The highest BCUT2D eigenvalue weighted by Crippen LogP contribution is 2.36. The van der Waals surface area contributed by atoms with Crippen LogP contribution in [0.15, 0.2) is 17.2 Å². The molecule has 1 aromatic rings. The van der Waals surface area contributed by atoms with Crippen molar-refractivity contribution < 1.29 is 9.47 Å². The molecule has 0 radical (unpaired) electrons. The van der Waals surface area contributed by atoms with Crippen molar-refractivity contribution >= 4 is 35.1 Å². The fourth-order valence-electron chi connectivity index (χ4n) is 1.58. The van der Waals surface area contributed by atoms with Gasteiger partial charge in [-0.05, 0) is 50.7 Å². The summed E-state index contributed by atoms with van der Waals surface area (Å²) in [6, 6.07) is 3.58. The molecule has 0 aliphatic rings. The topological polar surface area (TPSA) is 54.9 Å². The van der Waals surface area contributed by atoms with Gasteiger partial charge in [-0.3, -0.25) is 5.43 Å². The third kappa shape index (κ3) is 5.77. The molecule has 5 nitrogen and oxygen atoms in total. The second-order valence-corrected chi connectivity index (χ2v) is 4.74. The van der Waals surface area contributed by atoms with Gasteiger partial charge < -0.3 is 14.8 Å². The average Bonchev–Trinajstić information content (AvgIpc) is 2.43. The second kappa shape index (κ2) is 9.41. The number of hydrazone groups is 1. The van der Waals surface area contributed by atoms with E-state index in [1.807, 2.05) is 26.8 Å². The summed E-state index contributed by atoms with van der Waals surface area (Å²) in [6.45, 7) is 7.54. The van der Waals surface area contributed by atoms with Gasteiger partial charge in [-0.25, -0.2) is 0 Å². The number of halogens is 1. The first-order valence-corrected chi connectivity index (χ1v) is 7.56. The van der Waals surface area contributed by atoms with E-state index in [0.29, 0.717) is 34.8 Å². The Balaban J connectivity index is 2.88. The minimum absolute atomic E-state index is 0.468. The van der Waals surface area contributed by atoms with Crippen LogP contribution >= 0.6 is 23.8 Å². The molecular formula is C14H20ClN3O2S. The van der Waals surface area contributed by atoms with Crippen LogP contribution in [0.5, 0.6) is 11.5 Å². The standard InChI is InChI=1S/C14H20ClN3O2S/c1-4-16-14(21)18-17-9-10-7-11(15)13(20-6-3)12(8-10)19-5-2/h7-9H,4-6H2,1-3H3,(H2,16,18,21)/b17-9+. The smallest absolute Gasteiger partial charge is 0.186 e. The lowest BCUT2D eigenvalue weighted by atomic mass is 10.2. The number of benzene rings is 1. The molecule has 0 spiro atoms. The fourth-order valence-corrected chi connectivity index (χ4v) is 2.05. The third-order valence-corrected chi connectivity index (χ3v) is 2.85. The van der Waals surface area contributed by atoms with E-state index in [-0.39, 0.29) is 0 Å². The van der Waals surface area contributed by atoms with Gasteiger partial charge in [0.2, 0.25) is 0 Å². The molecule has 0 heterocycles. The lowest BCUT2D eigenvalue weighted by Crippen LogP contribution is -2.31. The van der Waals surface area contributed by atoms with E-state index in [0.717, 1.165) is 12.1 Å². The molecule has 0 fully saturated rings. The predicted molar refractivity (Wildman–Crippen MR) is 90.8 cm³/mol. The zero-order valence-electron chi connectivity index (χ0n) is 12.4. The number of thiocarbonyl (C=S) groups is 1. The number of nitrogens with one attached hydrogen (secondary N) is 2. The Morgan fingerprint density at radius 1 is 1.29 bits per heavy atom. The van der Waals surface area contributed by atoms with Crippen LogP contribution in [0.2, 0.25) is 5.02 Å². The van der Waals surface area contributed by atoms with Gasteiger partial charge in [0.05, 0.1) is 24.5 Å². The maximum atomic E-state index is 6.22. The average molecular weight is 330 g/mol. The van der Waals surface area contributed by atoms with E-state index >= 15 is 0 Å². The number of nitrogens with zero attached hydrogens (tertiary/aromatic N) is 1. The van der Waals surface area contributed by atoms with Gasteiger partial charge in [-0.15, -0.1) is 0 Å². The van der Waals surface area contributed by atoms with Crippen LogP contribution in [0.25, 0.3) is 0 Å². The van der Waals surface area contributed by atoms with Crippen LogP contribution in [-0.2, 0) is 0 Å². The summed E-state index contributed by atoms with van der Waals surface area (Å²) in [4.78, 5) is 0. The number of hydrogen-bond acceptors (Lipinski definition) is 4. The first-order chi connectivity index (χ1) is 10.1. The highest BCUT2D eigenvalue weighted by Gasteiger charge is 2.11. The molecule has 21 heavy (non-hydrogen) atoms. The molecule has 0 amide bonds. The highest BCUT2D eigenvalue weighted by molar-refractivity contribution is 7.80. The van der Waals surface area contributed by atoms with Crippen LogP contribution in [0.3, 0.4) is 0 Å². The zero-order valence-corrected chi connectivity index (χ0v) is 14.0. The quantitative estimate of drug-likeness (QED) is 0.457. The summed E-state index contributed by atoms with van der Waals surface area (Å²) in [5.41, 5.74) is 3.51. The van der Waals surface area contributed by atoms with Crippen LogP contribution in [0.1, 0.15) is 26.3 Å². The van der Waals surface area contributed by atoms with E-state index in [1.165, 1.54) is 0 Å². The summed E-state index contributed by atoms with van der Waals surface area (Å²) >= 11 is 11.2. The Morgan fingerprint density at radius 2 is 2.00 bits per heavy atom. The molecular weight excluding hydrogens is 310 g/mol. The Hall–Kier alpha value is -1.53. The van der Waals surface area contributed by atoms with Crippen molar-refractivity contribution in [3.05, 3.63) is 22.7 Å². The summed E-state index contributed by atoms with van der Waals surface area (Å²) < 4.78 is 11.0. The van der Waals surface area contributed by atoms with Crippen molar-refractivity contribution in [2.24, 2.45) is 5.10 Å². The van der Waals surface area contributed by atoms with Gasteiger partial charge in [0.25, 0.3) is 0 Å². The van der Waals surface area contributed by atoms with Crippen molar-refractivity contribution in [3.8, 4) is 11.5 Å². The van der Waals surface area contributed by atoms with Gasteiger partial charge in [-0.1, -0.05) is 11.6 Å². The largest absolute Gasteiger partial charge is 0.490 e. The molecule has 0 aliphatic carbocycles. The summed E-state index contributed by atoms with van der Waals surface area (Å²) in [5, 5.41) is 7.93. The molecule has 7 heteroatoms. The highest BCUT2D eigenvalue weighted by atomic mass is 35.5. The molecule has 116 valence electrons. The number of ether oxygens (including phenoxy) is 2. The molecule has 2 N–H and O–H groups in total. The van der Waals surface area contributed by atoms with E-state index < -0.39 is 0 Å². The molecule has 1 rings (SSSR count). The van der Waals surface area contributed by atoms with Crippen molar-refractivity contribution in [1.29, 1.82) is 0 Å². The van der Waals surface area contributed by atoms with Crippen LogP contribution in [0.4, 0.5) is 0 Å². The Labute approximate surface area is 135 Å². The monoisotopic (exact) mass is 329 g/mol. The molecule has 0 aromatic heterocycles. The molecule has 1 aromatic carbocycles. The minimum atomic E-state index is 0.468. The Kier molecular flexibility index (Phi) is 7.85. The van der Waals surface area contributed by atoms with Gasteiger partial charge in [0, 0.05) is 6.54 Å². The minimum Gasteiger partial charge on any atom is -0.490 e. The van der Waals surface area contributed by atoms with Crippen LogP contribution in [-0.4, -0.2) is 31.1 Å². The Bertz CT molecular complexity index is 509. The van der Waals surface area contributed by atoms with E-state index in [1.54, 1.807) is 12.3 Å². The van der Waals surface area contributed by atoms with E-state index in [4.69, 9.17) is 33.3 Å². The van der Waals surface area contributed by atoms with Crippen molar-refractivity contribution in [2.45, 2.75) is 20.8 Å². The first-order valence-electron chi connectivity index (χ1n) is 6.78. The lowest BCUT2D eigenvalue weighted by Gasteiger charge is -2.13. The zero-order chi connectivity index (χ0) is 15.7. The third-order valence-electron chi connectivity index (χ3n) is 2.34. The van der Waals surface area contributed by atoms with Gasteiger partial charge in [-0.2, -0.15) is 5.10 Å². The molecule has 0 saturated carbocycles. The predicted octanol–water partition coefficient (Wildman–Crippen LogP) is 2.96. The molecule has 0 atom stereocenters. The Morgan fingerprint density at radius 3 is 2.62 bits per heavy atom. The number of rotatable bonds is 7. The molecule has 0 aliphatic heterocycles. The summed E-state index contributed by atoms with van der Waals surface area (Å²) in [6.07, 6.45) is 1.62. The van der Waals surface area contributed by atoms with Crippen molar-refractivity contribution in [3.63, 3.8) is 0 Å². The summed E-state index contributed by atoms with van der Waals surface area (Å²) in [5.74, 6) is 1.15. The van der Waals surface area contributed by atoms with E-state index in [9.17, 15) is 0 Å². The molecule has 0 unspecified atom stereocenters. The normalized spacial score (nSPS) is 10.5. The van der Waals surface area contributed by atoms with E-state index in [2.05, 4.69) is 15.8 Å². The molecule has 0 saturated heterocycles. The molecule has 0 bridgehead atoms. The summed E-state index contributed by atoms with van der Waals surface area (Å²) in [7, 11) is 0. The van der Waals surface area contributed by atoms with Gasteiger partial charge >= 0.3 is 0 Å². The van der Waals surface area contributed by atoms with Crippen LogP contribution < -0.4 is 20.2 Å². The van der Waals surface area contributed by atoms with Crippen LogP contribution in [0, 0.1) is 0 Å². The SMILES string of the molecule is CCNC(=S)N/N=C/c1cc(Cl)c(OCC)c(OCC)c1. The van der Waals surface area contributed by atoms with Crippen molar-refractivity contribution in [2.75, 3.05) is 19.8 Å². The second-order valence-electron chi connectivity index (χ2n) is 3.93. The number of hydrogen-bond donors (Lipinski definition) is 2. The maximum absolute atomic E-state index is 6.22. The van der Waals surface area contributed by atoms with Gasteiger partial charge in [0.15, 0.2) is 16.6 Å². The van der Waals surface area contributed by atoms with Gasteiger partial charge in [0.1, 0.15) is 0 Å². The first kappa shape index (κ1) is 17.5.